The number of hydrogen-bond donors (Lipinski definition) is 2. The van der Waals surface area contributed by atoms with Crippen molar-refractivity contribution >= 4 is 11.6 Å². The summed E-state index contributed by atoms with van der Waals surface area (Å²) in [6.45, 7) is 4.01. The maximum Gasteiger partial charge on any atom is 0.273 e. The van der Waals surface area contributed by atoms with E-state index >= 15 is 0 Å². The molecule has 0 aliphatic rings. The van der Waals surface area contributed by atoms with Crippen LogP contribution in [0.5, 0.6) is 0 Å². The van der Waals surface area contributed by atoms with Crippen molar-refractivity contribution in [2.75, 3.05) is 0 Å². The SMILES string of the molecule is CC(C)C(=NNC(=O)[C@@H](O)c1ccccc1)c1ccccc1. The van der Waals surface area contributed by atoms with Crippen LogP contribution in [0.1, 0.15) is 31.1 Å². The highest BCUT2D eigenvalue weighted by Gasteiger charge is 2.17. The van der Waals surface area contributed by atoms with E-state index in [1.807, 2.05) is 50.2 Å². The largest absolute Gasteiger partial charge is 0.378 e. The molecule has 2 aromatic rings. The van der Waals surface area contributed by atoms with Crippen LogP contribution in [0.3, 0.4) is 0 Å². The van der Waals surface area contributed by atoms with Gasteiger partial charge in [0.15, 0.2) is 6.10 Å². The second kappa shape index (κ2) is 7.52. The zero-order valence-electron chi connectivity index (χ0n) is 12.7. The lowest BCUT2D eigenvalue weighted by molar-refractivity contribution is -0.129. The zero-order valence-corrected chi connectivity index (χ0v) is 12.7. The molecule has 2 rings (SSSR count). The number of amides is 1. The van der Waals surface area contributed by atoms with Gasteiger partial charge in [-0.2, -0.15) is 5.10 Å². The number of carbonyl (C=O) groups is 1. The number of rotatable bonds is 5. The van der Waals surface area contributed by atoms with Crippen LogP contribution in [-0.2, 0) is 4.79 Å². The first-order valence-electron chi connectivity index (χ1n) is 7.25. The van der Waals surface area contributed by atoms with Gasteiger partial charge in [-0.1, -0.05) is 74.5 Å². The molecule has 0 radical (unpaired) electrons. The number of nitrogens with zero attached hydrogens (tertiary/aromatic N) is 1. The maximum atomic E-state index is 12.0. The average Bonchev–Trinajstić information content (AvgIpc) is 2.55. The smallest absolute Gasteiger partial charge is 0.273 e. The third kappa shape index (κ3) is 4.02. The second-order valence-corrected chi connectivity index (χ2v) is 5.31. The van der Waals surface area contributed by atoms with E-state index in [0.29, 0.717) is 5.56 Å². The molecule has 0 aromatic heterocycles. The van der Waals surface area contributed by atoms with Crippen molar-refractivity contribution in [2.24, 2.45) is 11.0 Å². The Morgan fingerprint density at radius 1 is 1.00 bits per heavy atom. The van der Waals surface area contributed by atoms with Crippen molar-refractivity contribution in [2.45, 2.75) is 20.0 Å². The second-order valence-electron chi connectivity index (χ2n) is 5.31. The van der Waals surface area contributed by atoms with Gasteiger partial charge in [0.1, 0.15) is 0 Å². The Hall–Kier alpha value is -2.46. The molecule has 0 unspecified atom stereocenters. The topological polar surface area (TPSA) is 61.7 Å². The fourth-order valence-electron chi connectivity index (χ4n) is 2.10. The summed E-state index contributed by atoms with van der Waals surface area (Å²) in [6.07, 6.45) is -1.23. The molecule has 2 aromatic carbocycles. The number of nitrogens with one attached hydrogen (secondary N) is 1. The Balaban J connectivity index is 2.13. The fourth-order valence-corrected chi connectivity index (χ4v) is 2.10. The number of hydrazone groups is 1. The van der Waals surface area contributed by atoms with Crippen LogP contribution in [-0.4, -0.2) is 16.7 Å². The molecule has 4 heteroatoms. The van der Waals surface area contributed by atoms with Gasteiger partial charge in [0.25, 0.3) is 5.91 Å². The van der Waals surface area contributed by atoms with E-state index < -0.39 is 12.0 Å². The van der Waals surface area contributed by atoms with Crippen molar-refractivity contribution in [1.82, 2.24) is 5.43 Å². The van der Waals surface area contributed by atoms with Gasteiger partial charge in [-0.05, 0) is 17.0 Å². The van der Waals surface area contributed by atoms with Crippen LogP contribution in [0.25, 0.3) is 0 Å². The van der Waals surface area contributed by atoms with Crippen LogP contribution < -0.4 is 5.43 Å². The monoisotopic (exact) mass is 296 g/mol. The number of aliphatic hydroxyl groups is 1. The van der Waals surface area contributed by atoms with Gasteiger partial charge in [0, 0.05) is 0 Å². The van der Waals surface area contributed by atoms with E-state index in [0.717, 1.165) is 11.3 Å². The minimum absolute atomic E-state index is 0.150. The van der Waals surface area contributed by atoms with Gasteiger partial charge in [-0.3, -0.25) is 4.79 Å². The molecule has 0 heterocycles. The first-order chi connectivity index (χ1) is 10.6. The molecule has 0 aliphatic heterocycles. The Labute approximate surface area is 130 Å². The lowest BCUT2D eigenvalue weighted by Gasteiger charge is -2.13. The Kier molecular flexibility index (Phi) is 5.44. The molecule has 4 nitrogen and oxygen atoms in total. The lowest BCUT2D eigenvalue weighted by atomic mass is 10.0. The third-order valence-electron chi connectivity index (χ3n) is 3.27. The van der Waals surface area contributed by atoms with Crippen molar-refractivity contribution in [3.05, 3.63) is 71.8 Å². The lowest BCUT2D eigenvalue weighted by Crippen LogP contribution is -2.27. The van der Waals surface area contributed by atoms with Crippen LogP contribution >= 0.6 is 0 Å². The molecule has 1 amide bonds. The van der Waals surface area contributed by atoms with Gasteiger partial charge < -0.3 is 5.11 Å². The first-order valence-corrected chi connectivity index (χ1v) is 7.25. The molecule has 2 N–H and O–H groups in total. The molecule has 0 fully saturated rings. The molecule has 22 heavy (non-hydrogen) atoms. The number of carbonyl (C=O) groups excluding carboxylic acids is 1. The van der Waals surface area contributed by atoms with Crippen molar-refractivity contribution in [1.29, 1.82) is 0 Å². The van der Waals surface area contributed by atoms with E-state index in [1.54, 1.807) is 24.3 Å². The molecule has 1 atom stereocenters. The van der Waals surface area contributed by atoms with E-state index in [9.17, 15) is 9.90 Å². The van der Waals surface area contributed by atoms with E-state index in [-0.39, 0.29) is 5.92 Å². The van der Waals surface area contributed by atoms with Gasteiger partial charge in [-0.15, -0.1) is 0 Å². The van der Waals surface area contributed by atoms with Gasteiger partial charge >= 0.3 is 0 Å². The standard InChI is InChI=1S/C18H20N2O2/c1-13(2)16(14-9-5-3-6-10-14)19-20-18(22)17(21)15-11-7-4-8-12-15/h3-13,17,21H,1-2H3,(H,20,22)/t17-/m0/s1. The molecular weight excluding hydrogens is 276 g/mol. The van der Waals surface area contributed by atoms with Crippen molar-refractivity contribution < 1.29 is 9.90 Å². The summed E-state index contributed by atoms with van der Waals surface area (Å²) in [4.78, 5) is 12.0. The maximum absolute atomic E-state index is 12.0. The molecule has 0 spiro atoms. The highest BCUT2D eigenvalue weighted by Crippen LogP contribution is 2.13. The molecule has 0 saturated carbocycles. The van der Waals surface area contributed by atoms with Crippen LogP contribution in [0.15, 0.2) is 65.8 Å². The Morgan fingerprint density at radius 3 is 2.09 bits per heavy atom. The fraction of sp³-hybridized carbons (Fsp3) is 0.222. The number of aliphatic hydroxyl groups excluding tert-OH is 1. The van der Waals surface area contributed by atoms with E-state index in [4.69, 9.17) is 0 Å². The number of benzene rings is 2. The molecular formula is C18H20N2O2. The summed E-state index contributed by atoms with van der Waals surface area (Å²) in [5.74, 6) is -0.392. The quantitative estimate of drug-likeness (QED) is 0.658. The third-order valence-corrected chi connectivity index (χ3v) is 3.27. The van der Waals surface area contributed by atoms with Gasteiger partial charge in [0.2, 0.25) is 0 Å². The summed E-state index contributed by atoms with van der Waals surface area (Å²) in [6, 6.07) is 18.5. The predicted octanol–water partition coefficient (Wildman–Crippen LogP) is 2.90. The predicted molar refractivity (Wildman–Crippen MR) is 87.4 cm³/mol. The van der Waals surface area contributed by atoms with Gasteiger partial charge in [-0.25, -0.2) is 5.43 Å². The summed E-state index contributed by atoms with van der Waals surface area (Å²) in [5.41, 5.74) is 4.73. The van der Waals surface area contributed by atoms with Crippen LogP contribution in [0.2, 0.25) is 0 Å². The Bertz CT molecular complexity index is 637. The van der Waals surface area contributed by atoms with Crippen LogP contribution in [0, 0.1) is 5.92 Å². The molecule has 114 valence electrons. The van der Waals surface area contributed by atoms with Crippen molar-refractivity contribution in [3.8, 4) is 0 Å². The minimum Gasteiger partial charge on any atom is -0.378 e. The van der Waals surface area contributed by atoms with E-state index in [2.05, 4.69) is 10.5 Å². The molecule has 0 bridgehead atoms. The minimum atomic E-state index is -1.23. The summed E-state index contributed by atoms with van der Waals surface area (Å²) >= 11 is 0. The summed E-state index contributed by atoms with van der Waals surface area (Å²) in [7, 11) is 0. The number of hydrogen-bond acceptors (Lipinski definition) is 3. The van der Waals surface area contributed by atoms with Gasteiger partial charge in [0.05, 0.1) is 5.71 Å². The highest BCUT2D eigenvalue weighted by atomic mass is 16.3. The highest BCUT2D eigenvalue weighted by molar-refractivity contribution is 6.02. The van der Waals surface area contributed by atoms with Crippen LogP contribution in [0.4, 0.5) is 0 Å². The Morgan fingerprint density at radius 2 is 1.55 bits per heavy atom. The normalized spacial score (nSPS) is 13.0. The zero-order chi connectivity index (χ0) is 15.9. The first kappa shape index (κ1) is 15.9. The molecule has 0 saturated heterocycles. The van der Waals surface area contributed by atoms with Crippen molar-refractivity contribution in [3.63, 3.8) is 0 Å². The average molecular weight is 296 g/mol. The summed E-state index contributed by atoms with van der Waals surface area (Å²) in [5, 5.41) is 14.2. The van der Waals surface area contributed by atoms with E-state index in [1.165, 1.54) is 0 Å². The molecule has 0 aliphatic carbocycles. The summed E-state index contributed by atoms with van der Waals surface area (Å²) < 4.78 is 0.